The molecule has 196 valence electrons. The minimum Gasteiger partial charge on any atom is -0.453 e. The fraction of sp³-hybridized carbons (Fsp3) is 0.148. The second kappa shape index (κ2) is 11.6. The van der Waals surface area contributed by atoms with E-state index in [4.69, 9.17) is 0 Å². The van der Waals surface area contributed by atoms with E-state index in [1.165, 1.54) is 13.2 Å². The van der Waals surface area contributed by atoms with Crippen molar-refractivity contribution < 1.29 is 22.7 Å². The second-order valence-electron chi connectivity index (χ2n) is 8.41. The van der Waals surface area contributed by atoms with Crippen LogP contribution in [0.25, 0.3) is 5.69 Å². The van der Waals surface area contributed by atoms with Crippen LogP contribution in [0, 0.1) is 6.92 Å². The number of sulfonamides is 1. The van der Waals surface area contributed by atoms with Crippen LogP contribution < -0.4 is 15.4 Å². The lowest BCUT2D eigenvalue weighted by Crippen LogP contribution is -2.42. The molecule has 3 amide bonds. The molecule has 1 heterocycles. The highest BCUT2D eigenvalue weighted by molar-refractivity contribution is 7.90. The summed E-state index contributed by atoms with van der Waals surface area (Å²) in [6.45, 7) is 1.66. The van der Waals surface area contributed by atoms with Crippen LogP contribution in [0.5, 0.6) is 0 Å². The average molecular weight is 534 g/mol. The number of carbonyl (C=O) groups is 2. The maximum atomic E-state index is 13.0. The van der Waals surface area contributed by atoms with E-state index in [0.29, 0.717) is 23.5 Å². The second-order valence-corrected chi connectivity index (χ2v) is 10.1. The first kappa shape index (κ1) is 26.4. The Morgan fingerprint density at radius 3 is 2.34 bits per heavy atom. The van der Waals surface area contributed by atoms with Crippen molar-refractivity contribution in [1.82, 2.24) is 19.6 Å². The molecule has 0 spiro atoms. The Labute approximate surface area is 220 Å². The zero-order valence-electron chi connectivity index (χ0n) is 20.8. The van der Waals surface area contributed by atoms with Crippen molar-refractivity contribution in [2.75, 3.05) is 12.4 Å². The van der Waals surface area contributed by atoms with Crippen molar-refractivity contribution in [2.24, 2.45) is 0 Å². The summed E-state index contributed by atoms with van der Waals surface area (Å²) in [4.78, 5) is 29.0. The van der Waals surface area contributed by atoms with Crippen LogP contribution in [0.2, 0.25) is 0 Å². The fourth-order valence-corrected chi connectivity index (χ4v) is 5.11. The van der Waals surface area contributed by atoms with Crippen LogP contribution in [0.4, 0.5) is 15.3 Å². The van der Waals surface area contributed by atoms with Crippen LogP contribution in [0.15, 0.2) is 96.2 Å². The molecule has 0 radical (unpaired) electrons. The summed E-state index contributed by atoms with van der Waals surface area (Å²) in [5.41, 5.74) is 2.71. The lowest BCUT2D eigenvalue weighted by molar-refractivity contribution is 0.187. The minimum atomic E-state index is -4.09. The highest BCUT2D eigenvalue weighted by Crippen LogP contribution is 2.22. The SMILES string of the molecule is COC(=O)Nc1ccc(-n2ccnc2[C@@H](Cc2ccccc2)NC(=O)NS(=O)(=O)c2ccccc2C)cc1. The Kier molecular flexibility index (Phi) is 8.07. The Bertz CT molecular complexity index is 1520. The molecule has 0 unspecified atom stereocenters. The van der Waals surface area contributed by atoms with Crippen molar-refractivity contribution in [3.05, 3.63) is 108 Å². The number of methoxy groups -OCH3 is 1. The summed E-state index contributed by atoms with van der Waals surface area (Å²) >= 11 is 0. The molecule has 3 aromatic carbocycles. The van der Waals surface area contributed by atoms with Gasteiger partial charge in [0.05, 0.1) is 18.0 Å². The number of rotatable bonds is 8. The van der Waals surface area contributed by atoms with E-state index in [2.05, 4.69) is 25.1 Å². The summed E-state index contributed by atoms with van der Waals surface area (Å²) in [6.07, 6.45) is 3.11. The van der Waals surface area contributed by atoms with Gasteiger partial charge in [0.1, 0.15) is 5.82 Å². The first-order valence-electron chi connectivity index (χ1n) is 11.7. The van der Waals surface area contributed by atoms with Gasteiger partial charge < -0.3 is 14.6 Å². The average Bonchev–Trinajstić information content (AvgIpc) is 3.39. The number of nitrogens with zero attached hydrogens (tertiary/aromatic N) is 2. The third-order valence-electron chi connectivity index (χ3n) is 5.76. The zero-order valence-corrected chi connectivity index (χ0v) is 21.6. The summed E-state index contributed by atoms with van der Waals surface area (Å²) in [5, 5.41) is 5.37. The van der Waals surface area contributed by atoms with E-state index in [0.717, 1.165) is 11.3 Å². The molecule has 0 aliphatic heterocycles. The minimum absolute atomic E-state index is 0.0249. The number of hydrogen-bond donors (Lipinski definition) is 3. The van der Waals surface area contributed by atoms with Crippen LogP contribution in [0.1, 0.15) is 23.0 Å². The van der Waals surface area contributed by atoms with Crippen LogP contribution in [-0.2, 0) is 21.2 Å². The number of nitrogens with one attached hydrogen (secondary N) is 3. The van der Waals surface area contributed by atoms with Gasteiger partial charge in [-0.3, -0.25) is 5.32 Å². The zero-order chi connectivity index (χ0) is 27.1. The molecular formula is C27H27N5O5S. The largest absolute Gasteiger partial charge is 0.453 e. The molecule has 0 saturated heterocycles. The normalized spacial score (nSPS) is 11.8. The number of urea groups is 1. The van der Waals surface area contributed by atoms with Crippen LogP contribution in [-0.4, -0.2) is 37.2 Å². The summed E-state index contributed by atoms with van der Waals surface area (Å²) in [7, 11) is -2.81. The van der Waals surface area contributed by atoms with Gasteiger partial charge in [-0.1, -0.05) is 48.5 Å². The maximum absolute atomic E-state index is 13.0. The topological polar surface area (TPSA) is 131 Å². The molecule has 4 rings (SSSR count). The van der Waals surface area contributed by atoms with E-state index >= 15 is 0 Å². The summed E-state index contributed by atoms with van der Waals surface area (Å²) < 4.78 is 34.3. The highest BCUT2D eigenvalue weighted by atomic mass is 32.2. The molecule has 38 heavy (non-hydrogen) atoms. The smallest absolute Gasteiger partial charge is 0.411 e. The van der Waals surface area contributed by atoms with Gasteiger partial charge in [0, 0.05) is 23.8 Å². The molecule has 3 N–H and O–H groups in total. The molecular weight excluding hydrogens is 506 g/mol. The third kappa shape index (κ3) is 6.37. The molecule has 0 aliphatic rings. The predicted molar refractivity (Wildman–Crippen MR) is 143 cm³/mol. The number of imidazole rings is 1. The van der Waals surface area contributed by atoms with Crippen LogP contribution >= 0.6 is 0 Å². The molecule has 4 aromatic rings. The molecule has 0 aliphatic carbocycles. The van der Waals surface area contributed by atoms with E-state index in [1.54, 1.807) is 66.3 Å². The lowest BCUT2D eigenvalue weighted by atomic mass is 10.1. The van der Waals surface area contributed by atoms with Crippen molar-refractivity contribution in [1.29, 1.82) is 0 Å². The predicted octanol–water partition coefficient (Wildman–Crippen LogP) is 4.33. The number of ether oxygens (including phenoxy) is 1. The number of hydrogen-bond acceptors (Lipinski definition) is 6. The number of aryl methyl sites for hydroxylation is 1. The quantitative estimate of drug-likeness (QED) is 0.309. The van der Waals surface area contributed by atoms with Crippen molar-refractivity contribution >= 4 is 27.8 Å². The monoisotopic (exact) mass is 533 g/mol. The maximum Gasteiger partial charge on any atom is 0.411 e. The third-order valence-corrected chi connectivity index (χ3v) is 7.25. The Morgan fingerprint density at radius 1 is 0.974 bits per heavy atom. The van der Waals surface area contributed by atoms with E-state index in [-0.39, 0.29) is 4.90 Å². The first-order valence-corrected chi connectivity index (χ1v) is 13.2. The molecule has 10 nitrogen and oxygen atoms in total. The van der Waals surface area contributed by atoms with Crippen LogP contribution in [0.3, 0.4) is 0 Å². The fourth-order valence-electron chi connectivity index (χ4n) is 3.94. The molecule has 0 fully saturated rings. The highest BCUT2D eigenvalue weighted by Gasteiger charge is 2.25. The number of carbonyl (C=O) groups excluding carboxylic acids is 2. The first-order chi connectivity index (χ1) is 18.3. The van der Waals surface area contributed by atoms with Crippen molar-refractivity contribution in [3.63, 3.8) is 0 Å². The standard InChI is InChI=1S/C27H27N5O5S/c1-19-8-6-7-11-24(19)38(35,36)31-26(33)30-23(18-20-9-4-3-5-10-20)25-28-16-17-32(25)22-14-12-21(13-15-22)29-27(34)37-2/h3-17,23H,18H2,1-2H3,(H,29,34)(H2,30,31,33)/t23-/m1/s1. The van der Waals surface area contributed by atoms with Gasteiger partial charge >= 0.3 is 12.1 Å². The Balaban J connectivity index is 1.61. The Hall–Kier alpha value is -4.64. The van der Waals surface area contributed by atoms with Gasteiger partial charge in [0.15, 0.2) is 0 Å². The van der Waals surface area contributed by atoms with E-state index in [1.807, 2.05) is 30.3 Å². The van der Waals surface area contributed by atoms with Crippen molar-refractivity contribution in [3.8, 4) is 5.69 Å². The summed E-state index contributed by atoms with van der Waals surface area (Å²) in [5.74, 6) is 0.492. The number of aromatic nitrogens is 2. The molecule has 0 bridgehead atoms. The molecule has 1 aromatic heterocycles. The molecule has 11 heteroatoms. The van der Waals surface area contributed by atoms with Gasteiger partial charge in [-0.15, -0.1) is 0 Å². The Morgan fingerprint density at radius 2 is 1.66 bits per heavy atom. The van der Waals surface area contributed by atoms with Gasteiger partial charge in [-0.25, -0.2) is 27.7 Å². The van der Waals surface area contributed by atoms with Gasteiger partial charge in [0.2, 0.25) is 0 Å². The number of anilines is 1. The molecule has 0 saturated carbocycles. The molecule has 1 atom stereocenters. The van der Waals surface area contributed by atoms with Crippen molar-refractivity contribution in [2.45, 2.75) is 24.3 Å². The number of benzene rings is 3. The van der Waals surface area contributed by atoms with E-state index < -0.39 is 28.2 Å². The lowest BCUT2D eigenvalue weighted by Gasteiger charge is -2.21. The van der Waals surface area contributed by atoms with Gasteiger partial charge in [0.25, 0.3) is 10.0 Å². The summed E-state index contributed by atoms with van der Waals surface area (Å²) in [6, 6.07) is 21.3. The number of amides is 3. The van der Waals surface area contributed by atoms with Gasteiger partial charge in [-0.2, -0.15) is 0 Å². The van der Waals surface area contributed by atoms with E-state index in [9.17, 15) is 18.0 Å². The van der Waals surface area contributed by atoms with Gasteiger partial charge in [-0.05, 0) is 54.8 Å².